The third-order valence-electron chi connectivity index (χ3n) is 5.92. The number of unbranched alkanes of at least 4 members (excludes halogenated alkanes) is 2. The van der Waals surface area contributed by atoms with E-state index < -0.39 is 5.97 Å². The van der Waals surface area contributed by atoms with Gasteiger partial charge in [-0.25, -0.2) is 4.79 Å². The second-order valence-electron chi connectivity index (χ2n) is 8.87. The van der Waals surface area contributed by atoms with E-state index in [0.717, 1.165) is 69.9 Å². The molecule has 0 saturated heterocycles. The zero-order chi connectivity index (χ0) is 23.9. The largest absolute Gasteiger partial charge is 0.508 e. The van der Waals surface area contributed by atoms with Gasteiger partial charge in [-0.05, 0) is 48.9 Å². The summed E-state index contributed by atoms with van der Waals surface area (Å²) in [5.41, 5.74) is 1.21. The fourth-order valence-corrected chi connectivity index (χ4v) is 4.05. The maximum absolute atomic E-state index is 11.0. The lowest BCUT2D eigenvalue weighted by Crippen LogP contribution is -2.08. The smallest absolute Gasteiger partial charge is 0.327 e. The van der Waals surface area contributed by atoms with Crippen LogP contribution in [-0.4, -0.2) is 33.5 Å². The second kappa shape index (κ2) is 14.9. The van der Waals surface area contributed by atoms with Crippen LogP contribution in [0, 0.1) is 11.8 Å². The number of nitrogens with one attached hydrogen (secondary N) is 1. The van der Waals surface area contributed by atoms with Crippen LogP contribution in [0.1, 0.15) is 63.9 Å². The van der Waals surface area contributed by atoms with Crippen LogP contribution in [0.5, 0.6) is 5.75 Å². The summed E-state index contributed by atoms with van der Waals surface area (Å²) in [4.78, 5) is 24.8. The number of aromatic nitrogens is 1. The monoisotopic (exact) mass is 453 g/mol. The molecule has 1 aromatic heterocycles. The van der Waals surface area contributed by atoms with Gasteiger partial charge in [0.1, 0.15) is 12.0 Å². The Kier molecular flexibility index (Phi) is 11.9. The zero-order valence-corrected chi connectivity index (χ0v) is 19.5. The Hall–Kier alpha value is -3.02. The first-order chi connectivity index (χ1) is 16.0. The standard InChI is InChI=1S/C27H37N2O4/c1-21(20-30)7-3-2-4-8-22(19-23-12-15-25(31)16-13-23)9-5-10-24(14-17-27(32)33)29-26-11-6-18-28-26/h6,11-18,20-22,24,28,31H,2-5,7-10,19H2,1H3,(H,32,33)/q-1/b17-14+/t21-,22+,24+/m0/s1. The molecular weight excluding hydrogens is 416 g/mol. The molecule has 3 atom stereocenters. The Morgan fingerprint density at radius 3 is 2.42 bits per heavy atom. The van der Waals surface area contributed by atoms with Gasteiger partial charge in [-0.3, -0.25) is 0 Å². The molecule has 33 heavy (non-hydrogen) atoms. The molecule has 3 N–H and O–H groups in total. The number of rotatable bonds is 17. The number of aromatic hydroxyl groups is 1. The molecule has 1 aromatic carbocycles. The molecule has 0 radical (unpaired) electrons. The van der Waals surface area contributed by atoms with E-state index >= 15 is 0 Å². The number of carbonyl (C=O) groups excluding carboxylic acids is 1. The lowest BCUT2D eigenvalue weighted by Gasteiger charge is -2.23. The summed E-state index contributed by atoms with van der Waals surface area (Å²) in [6.07, 6.45) is 14.8. The van der Waals surface area contributed by atoms with Crippen molar-refractivity contribution in [2.24, 2.45) is 11.8 Å². The molecule has 0 aliphatic rings. The number of hydrogen-bond donors (Lipinski definition) is 3. The van der Waals surface area contributed by atoms with E-state index in [1.54, 1.807) is 24.4 Å². The van der Waals surface area contributed by atoms with Gasteiger partial charge in [0.15, 0.2) is 0 Å². The zero-order valence-electron chi connectivity index (χ0n) is 19.5. The van der Waals surface area contributed by atoms with Crippen molar-refractivity contribution in [1.82, 2.24) is 4.98 Å². The molecular formula is C27H37N2O4-. The minimum Gasteiger partial charge on any atom is -0.508 e. The number of carbonyl (C=O) groups is 2. The number of H-pyrrole nitrogens is 1. The van der Waals surface area contributed by atoms with Crippen LogP contribution < -0.4 is 0 Å². The summed E-state index contributed by atoms with van der Waals surface area (Å²) in [5, 5.41) is 23.2. The van der Waals surface area contributed by atoms with E-state index in [1.807, 2.05) is 31.2 Å². The second-order valence-corrected chi connectivity index (χ2v) is 8.87. The van der Waals surface area contributed by atoms with Crippen molar-refractivity contribution in [3.8, 4) is 5.75 Å². The summed E-state index contributed by atoms with van der Waals surface area (Å²) in [5.74, 6) is 0.708. The number of aromatic amines is 1. The van der Waals surface area contributed by atoms with Crippen molar-refractivity contribution in [2.75, 3.05) is 0 Å². The average Bonchev–Trinajstić information content (AvgIpc) is 3.31. The summed E-state index contributed by atoms with van der Waals surface area (Å²) in [6, 6.07) is 11.0. The molecule has 0 aliphatic heterocycles. The molecule has 6 heteroatoms. The third kappa shape index (κ3) is 11.4. The van der Waals surface area contributed by atoms with Crippen molar-refractivity contribution < 1.29 is 19.8 Å². The Morgan fingerprint density at radius 1 is 1.03 bits per heavy atom. The molecule has 180 valence electrons. The van der Waals surface area contributed by atoms with Gasteiger partial charge >= 0.3 is 5.97 Å². The summed E-state index contributed by atoms with van der Waals surface area (Å²) in [7, 11) is 0. The molecule has 0 amide bonds. The summed E-state index contributed by atoms with van der Waals surface area (Å²) >= 11 is 0. The fraction of sp³-hybridized carbons (Fsp3) is 0.481. The maximum atomic E-state index is 11.0. The molecule has 0 bridgehead atoms. The molecule has 1 heterocycles. The van der Waals surface area contributed by atoms with Crippen LogP contribution in [0.4, 0.5) is 5.82 Å². The summed E-state index contributed by atoms with van der Waals surface area (Å²) < 4.78 is 0. The van der Waals surface area contributed by atoms with Gasteiger partial charge in [0.25, 0.3) is 0 Å². The minimum absolute atomic E-state index is 0.136. The highest BCUT2D eigenvalue weighted by molar-refractivity contribution is 5.80. The average molecular weight is 454 g/mol. The maximum Gasteiger partial charge on any atom is 0.327 e. The van der Waals surface area contributed by atoms with Gasteiger partial charge in [0.05, 0.1) is 0 Å². The first-order valence-electron chi connectivity index (χ1n) is 11.9. The normalized spacial score (nSPS) is 14.1. The Labute approximate surface area is 197 Å². The highest BCUT2D eigenvalue weighted by Crippen LogP contribution is 2.27. The number of nitrogens with zero attached hydrogens (tertiary/aromatic N) is 1. The van der Waals surface area contributed by atoms with Gasteiger partial charge in [-0.1, -0.05) is 87.8 Å². The molecule has 6 nitrogen and oxygen atoms in total. The number of carboxylic acids is 1. The van der Waals surface area contributed by atoms with Crippen LogP contribution in [0.3, 0.4) is 0 Å². The van der Waals surface area contributed by atoms with Gasteiger partial charge < -0.3 is 25.3 Å². The van der Waals surface area contributed by atoms with Gasteiger partial charge in [0.2, 0.25) is 0 Å². The van der Waals surface area contributed by atoms with Gasteiger partial charge in [-0.15, -0.1) is 0 Å². The number of benzene rings is 1. The van der Waals surface area contributed by atoms with Gasteiger partial charge in [0, 0.05) is 12.0 Å². The number of phenols is 1. The van der Waals surface area contributed by atoms with Crippen molar-refractivity contribution in [3.63, 3.8) is 0 Å². The number of hydrogen-bond acceptors (Lipinski definition) is 3. The Bertz CT molecular complexity index is 830. The van der Waals surface area contributed by atoms with E-state index in [0.29, 0.717) is 5.92 Å². The van der Waals surface area contributed by atoms with Crippen molar-refractivity contribution >= 4 is 18.1 Å². The molecule has 2 rings (SSSR count). The van der Waals surface area contributed by atoms with E-state index in [9.17, 15) is 14.7 Å². The van der Waals surface area contributed by atoms with Crippen LogP contribution in [0.2, 0.25) is 0 Å². The van der Waals surface area contributed by atoms with E-state index in [4.69, 9.17) is 5.11 Å². The number of aliphatic carboxylic acids is 1. The highest BCUT2D eigenvalue weighted by Gasteiger charge is 2.12. The van der Waals surface area contributed by atoms with Crippen LogP contribution in [0.15, 0.2) is 54.7 Å². The van der Waals surface area contributed by atoms with Crippen LogP contribution in [-0.2, 0) is 16.0 Å². The first kappa shape index (κ1) is 26.2. The van der Waals surface area contributed by atoms with Crippen molar-refractivity contribution in [2.45, 2.75) is 70.8 Å². The molecule has 2 aromatic rings. The quantitative estimate of drug-likeness (QED) is 0.143. The minimum atomic E-state index is -0.962. The van der Waals surface area contributed by atoms with Crippen LogP contribution >= 0.6 is 0 Å². The third-order valence-corrected chi connectivity index (χ3v) is 5.92. The highest BCUT2D eigenvalue weighted by atomic mass is 16.4. The molecule has 0 unspecified atom stereocenters. The first-order valence-corrected chi connectivity index (χ1v) is 11.9. The predicted octanol–water partition coefficient (Wildman–Crippen LogP) is 6.55. The molecule has 0 spiro atoms. The predicted molar refractivity (Wildman–Crippen MR) is 132 cm³/mol. The van der Waals surface area contributed by atoms with Crippen molar-refractivity contribution in [1.29, 1.82) is 0 Å². The number of carboxylic acid groups (broad SMARTS) is 1. The Morgan fingerprint density at radius 2 is 1.76 bits per heavy atom. The van der Waals surface area contributed by atoms with Gasteiger partial charge in [-0.2, -0.15) is 0 Å². The SMILES string of the molecule is C[C@H](C=O)CCCCC[C@H](CCC[C@H](/C=C/C(=O)O)[N-]c1ccc[nH]1)Cc1ccc(O)cc1. The van der Waals surface area contributed by atoms with E-state index in [-0.39, 0.29) is 17.7 Å². The lowest BCUT2D eigenvalue weighted by atomic mass is 9.88. The summed E-state index contributed by atoms with van der Waals surface area (Å²) in [6.45, 7) is 1.97. The molecule has 0 saturated carbocycles. The Balaban J connectivity index is 1.89. The van der Waals surface area contributed by atoms with Crippen molar-refractivity contribution in [3.05, 3.63) is 65.6 Å². The van der Waals surface area contributed by atoms with E-state index in [1.165, 1.54) is 11.6 Å². The number of phenolic OH excluding ortho intramolecular Hbond substituents is 1. The lowest BCUT2D eigenvalue weighted by molar-refractivity contribution is -0.131. The molecule has 0 aliphatic carbocycles. The van der Waals surface area contributed by atoms with Crippen LogP contribution in [0.25, 0.3) is 5.32 Å². The number of aldehydes is 1. The molecule has 0 fully saturated rings. The fourth-order valence-electron chi connectivity index (χ4n) is 4.05. The van der Waals surface area contributed by atoms with E-state index in [2.05, 4.69) is 10.3 Å². The topological polar surface area (TPSA) is 104 Å².